The third-order valence-electron chi connectivity index (χ3n) is 2.30. The highest BCUT2D eigenvalue weighted by Gasteiger charge is 2.29. The molecule has 82 valence electrons. The summed E-state index contributed by atoms with van der Waals surface area (Å²) in [5.74, 6) is -1.35. The van der Waals surface area contributed by atoms with Crippen molar-refractivity contribution in [3.8, 4) is 0 Å². The van der Waals surface area contributed by atoms with Crippen molar-refractivity contribution in [1.29, 1.82) is 0 Å². The largest absolute Gasteiger partial charge is 0.468 e. The summed E-state index contributed by atoms with van der Waals surface area (Å²) in [5.41, 5.74) is 0.738. The summed E-state index contributed by atoms with van der Waals surface area (Å²) >= 11 is 0. The Morgan fingerprint density at radius 3 is 2.60 bits per heavy atom. The number of ether oxygens (including phenoxy) is 1. The van der Waals surface area contributed by atoms with Crippen LogP contribution in [0.25, 0.3) is 0 Å². The number of carbonyl (C=O) groups is 2. The second-order valence-corrected chi connectivity index (χ2v) is 3.28. The Labute approximate surface area is 88.2 Å². The lowest BCUT2D eigenvalue weighted by molar-refractivity contribution is -0.143. The van der Waals surface area contributed by atoms with E-state index < -0.39 is 11.9 Å². The normalized spacial score (nSPS) is 12.2. The number of carbonyl (C=O) groups excluding carboxylic acids is 2. The van der Waals surface area contributed by atoms with Gasteiger partial charge in [-0.25, -0.2) is 0 Å². The molecular weight excluding hydrogens is 196 g/mol. The summed E-state index contributed by atoms with van der Waals surface area (Å²) in [6.45, 7) is 3.53. The number of furan rings is 1. The Hall–Kier alpha value is -1.58. The smallest absolute Gasteiger partial charge is 0.316 e. The second-order valence-electron chi connectivity index (χ2n) is 3.28. The van der Waals surface area contributed by atoms with E-state index in [1.54, 1.807) is 19.9 Å². The zero-order chi connectivity index (χ0) is 11.4. The maximum atomic E-state index is 11.9. The summed E-state index contributed by atoms with van der Waals surface area (Å²) in [5, 5.41) is 0. The topological polar surface area (TPSA) is 56.5 Å². The molecule has 0 aliphatic carbocycles. The Bertz CT molecular complexity index is 364. The molecule has 0 bridgehead atoms. The number of rotatable bonds is 4. The van der Waals surface area contributed by atoms with Crippen LogP contribution < -0.4 is 0 Å². The van der Waals surface area contributed by atoms with E-state index in [1.807, 2.05) is 0 Å². The Balaban J connectivity index is 2.92. The van der Waals surface area contributed by atoms with Gasteiger partial charge in [0.15, 0.2) is 5.76 Å². The van der Waals surface area contributed by atoms with Gasteiger partial charge in [-0.15, -0.1) is 0 Å². The standard InChI is InChI=1S/C11H14O4/c1-4-8(11(13)14-3)9(12)10-7(2)5-6-15-10/h5-6,8H,4H2,1-3H3. The predicted molar refractivity (Wildman–Crippen MR) is 53.6 cm³/mol. The Morgan fingerprint density at radius 1 is 1.53 bits per heavy atom. The van der Waals surface area contributed by atoms with Crippen LogP contribution in [0.5, 0.6) is 0 Å². The van der Waals surface area contributed by atoms with Crippen molar-refractivity contribution in [2.75, 3.05) is 7.11 Å². The first-order chi connectivity index (χ1) is 7.11. The van der Waals surface area contributed by atoms with Crippen LogP contribution in [0.3, 0.4) is 0 Å². The molecule has 4 heteroatoms. The minimum atomic E-state index is -0.764. The maximum absolute atomic E-state index is 11.9. The van der Waals surface area contributed by atoms with Crippen LogP contribution in [0.4, 0.5) is 0 Å². The van der Waals surface area contributed by atoms with Gasteiger partial charge in [-0.05, 0) is 25.0 Å². The molecule has 0 aromatic carbocycles. The lowest BCUT2D eigenvalue weighted by atomic mass is 9.98. The van der Waals surface area contributed by atoms with Crippen LogP contribution in [-0.2, 0) is 9.53 Å². The zero-order valence-electron chi connectivity index (χ0n) is 9.07. The van der Waals surface area contributed by atoms with Gasteiger partial charge in [0.1, 0.15) is 5.92 Å². The highest BCUT2D eigenvalue weighted by Crippen LogP contribution is 2.17. The molecule has 0 aliphatic heterocycles. The average Bonchev–Trinajstić information content (AvgIpc) is 2.65. The fourth-order valence-corrected chi connectivity index (χ4v) is 1.38. The number of hydrogen-bond acceptors (Lipinski definition) is 4. The van der Waals surface area contributed by atoms with Gasteiger partial charge in [0, 0.05) is 0 Å². The SMILES string of the molecule is CCC(C(=O)OC)C(=O)c1occc1C. The first-order valence-electron chi connectivity index (χ1n) is 4.78. The number of Topliss-reactive ketones (excluding diaryl/α,β-unsaturated/α-hetero) is 1. The first-order valence-corrected chi connectivity index (χ1v) is 4.78. The van der Waals surface area contributed by atoms with Crippen LogP contribution in [0.1, 0.15) is 29.5 Å². The van der Waals surface area contributed by atoms with Crippen LogP contribution in [0.15, 0.2) is 16.7 Å². The van der Waals surface area contributed by atoms with Gasteiger partial charge >= 0.3 is 5.97 Å². The highest BCUT2D eigenvalue weighted by atomic mass is 16.5. The Kier molecular flexibility index (Phi) is 3.66. The third kappa shape index (κ3) is 2.26. The van der Waals surface area contributed by atoms with Gasteiger partial charge in [-0.1, -0.05) is 6.92 Å². The van der Waals surface area contributed by atoms with E-state index >= 15 is 0 Å². The molecule has 4 nitrogen and oxygen atoms in total. The molecule has 1 unspecified atom stereocenters. The van der Waals surface area contributed by atoms with E-state index in [-0.39, 0.29) is 11.5 Å². The van der Waals surface area contributed by atoms with Crippen molar-refractivity contribution in [3.63, 3.8) is 0 Å². The van der Waals surface area contributed by atoms with Crippen LogP contribution >= 0.6 is 0 Å². The lowest BCUT2D eigenvalue weighted by Crippen LogP contribution is -2.24. The maximum Gasteiger partial charge on any atom is 0.316 e. The quantitative estimate of drug-likeness (QED) is 0.433. The number of esters is 1. The number of aryl methyl sites for hydroxylation is 1. The van der Waals surface area contributed by atoms with E-state index in [2.05, 4.69) is 4.74 Å². The van der Waals surface area contributed by atoms with Crippen molar-refractivity contribution in [2.24, 2.45) is 5.92 Å². The van der Waals surface area contributed by atoms with Crippen LogP contribution in [-0.4, -0.2) is 18.9 Å². The molecule has 0 radical (unpaired) electrons. The third-order valence-corrected chi connectivity index (χ3v) is 2.30. The van der Waals surface area contributed by atoms with Crippen LogP contribution in [0, 0.1) is 12.8 Å². The van der Waals surface area contributed by atoms with Crippen molar-refractivity contribution in [3.05, 3.63) is 23.7 Å². The van der Waals surface area contributed by atoms with E-state index in [0.717, 1.165) is 5.56 Å². The van der Waals surface area contributed by atoms with Gasteiger partial charge in [-0.2, -0.15) is 0 Å². The minimum Gasteiger partial charge on any atom is -0.468 e. The van der Waals surface area contributed by atoms with Crippen molar-refractivity contribution in [2.45, 2.75) is 20.3 Å². The molecule has 0 saturated heterocycles. The molecule has 0 N–H and O–H groups in total. The first kappa shape index (κ1) is 11.5. The molecule has 1 aromatic rings. The average molecular weight is 210 g/mol. The monoisotopic (exact) mass is 210 g/mol. The predicted octanol–water partition coefficient (Wildman–Crippen LogP) is 1.97. The fourth-order valence-electron chi connectivity index (χ4n) is 1.38. The molecule has 0 aliphatic rings. The highest BCUT2D eigenvalue weighted by molar-refractivity contribution is 6.07. The van der Waals surface area contributed by atoms with Gasteiger partial charge < -0.3 is 9.15 Å². The molecule has 0 saturated carbocycles. The van der Waals surface area contributed by atoms with Crippen molar-refractivity contribution >= 4 is 11.8 Å². The number of hydrogen-bond donors (Lipinski definition) is 0. The molecular formula is C11H14O4. The number of methoxy groups -OCH3 is 1. The molecule has 0 amide bonds. The molecule has 0 spiro atoms. The minimum absolute atomic E-state index is 0.243. The summed E-state index contributed by atoms with van der Waals surface area (Å²) in [7, 11) is 1.27. The summed E-state index contributed by atoms with van der Waals surface area (Å²) in [6.07, 6.45) is 1.85. The van der Waals surface area contributed by atoms with Gasteiger partial charge in [0.25, 0.3) is 0 Å². The van der Waals surface area contributed by atoms with Crippen LogP contribution in [0.2, 0.25) is 0 Å². The lowest BCUT2D eigenvalue weighted by Gasteiger charge is -2.09. The molecule has 1 aromatic heterocycles. The zero-order valence-corrected chi connectivity index (χ0v) is 9.07. The molecule has 15 heavy (non-hydrogen) atoms. The molecule has 0 fully saturated rings. The molecule has 1 atom stereocenters. The fraction of sp³-hybridized carbons (Fsp3) is 0.455. The summed E-state index contributed by atoms with van der Waals surface area (Å²) < 4.78 is 9.61. The van der Waals surface area contributed by atoms with E-state index in [4.69, 9.17) is 4.42 Å². The van der Waals surface area contributed by atoms with Gasteiger partial charge in [0.2, 0.25) is 5.78 Å². The number of ketones is 1. The summed E-state index contributed by atoms with van der Waals surface area (Å²) in [6, 6.07) is 1.69. The van der Waals surface area contributed by atoms with E-state index in [0.29, 0.717) is 6.42 Å². The van der Waals surface area contributed by atoms with Crippen molar-refractivity contribution in [1.82, 2.24) is 0 Å². The summed E-state index contributed by atoms with van der Waals surface area (Å²) in [4.78, 5) is 23.2. The van der Waals surface area contributed by atoms with Gasteiger partial charge in [-0.3, -0.25) is 9.59 Å². The molecule has 1 rings (SSSR count). The molecule has 1 heterocycles. The van der Waals surface area contributed by atoms with E-state index in [9.17, 15) is 9.59 Å². The van der Waals surface area contributed by atoms with E-state index in [1.165, 1.54) is 13.4 Å². The van der Waals surface area contributed by atoms with Gasteiger partial charge in [0.05, 0.1) is 13.4 Å². The Morgan fingerprint density at radius 2 is 2.20 bits per heavy atom. The second kappa shape index (κ2) is 4.77. The van der Waals surface area contributed by atoms with Crippen molar-refractivity contribution < 1.29 is 18.7 Å².